The molecule has 1 fully saturated rings. The monoisotopic (exact) mass is 397 g/mol. The highest BCUT2D eigenvalue weighted by atomic mass is 32.2. The fourth-order valence-electron chi connectivity index (χ4n) is 3.28. The Morgan fingerprint density at radius 2 is 2.00 bits per heavy atom. The van der Waals surface area contributed by atoms with Crippen molar-refractivity contribution in [2.75, 3.05) is 18.1 Å². The lowest BCUT2D eigenvalue weighted by atomic mass is 9.87. The third kappa shape index (κ3) is 5.03. The lowest BCUT2D eigenvalue weighted by Crippen LogP contribution is -2.44. The Balaban J connectivity index is 2.16. The van der Waals surface area contributed by atoms with Crippen LogP contribution in [0.4, 0.5) is 0 Å². The highest BCUT2D eigenvalue weighted by molar-refractivity contribution is 8.00. The van der Waals surface area contributed by atoms with Crippen LogP contribution in [0.5, 0.6) is 0 Å². The second kappa shape index (κ2) is 7.93. The zero-order chi connectivity index (χ0) is 19.7. The van der Waals surface area contributed by atoms with Crippen LogP contribution in [-0.4, -0.2) is 48.6 Å². The summed E-state index contributed by atoms with van der Waals surface area (Å²) in [7, 11) is -3.00. The van der Waals surface area contributed by atoms with E-state index in [1.54, 1.807) is 16.7 Å². The van der Waals surface area contributed by atoms with Crippen molar-refractivity contribution in [2.45, 2.75) is 69.6 Å². The van der Waals surface area contributed by atoms with Crippen LogP contribution in [-0.2, 0) is 20.0 Å². The molecule has 0 N–H and O–H groups in total. The number of benzene rings is 1. The molecule has 0 spiro atoms. The molecule has 146 valence electrons. The average Bonchev–Trinajstić information content (AvgIpc) is 2.88. The molecule has 2 rings (SSSR count). The van der Waals surface area contributed by atoms with E-state index in [2.05, 4.69) is 45.9 Å². The van der Waals surface area contributed by atoms with Crippen molar-refractivity contribution in [1.82, 2.24) is 4.90 Å². The number of aryl methyl sites for hydroxylation is 1. The lowest BCUT2D eigenvalue weighted by Gasteiger charge is -2.29. The van der Waals surface area contributed by atoms with Gasteiger partial charge in [-0.2, -0.15) is 0 Å². The molecule has 1 heterocycles. The van der Waals surface area contributed by atoms with Crippen molar-refractivity contribution in [2.24, 2.45) is 0 Å². The fraction of sp³-hybridized carbons (Fsp3) is 0.650. The van der Waals surface area contributed by atoms with Crippen LogP contribution in [0.2, 0.25) is 0 Å². The number of carbonyl (C=O) groups excluding carboxylic acids is 1. The van der Waals surface area contributed by atoms with Gasteiger partial charge in [-0.05, 0) is 49.8 Å². The minimum absolute atomic E-state index is 0.0279. The minimum Gasteiger partial charge on any atom is -0.338 e. The van der Waals surface area contributed by atoms with Crippen molar-refractivity contribution < 1.29 is 13.2 Å². The quantitative estimate of drug-likeness (QED) is 0.709. The molecular formula is C20H31NO3S2. The van der Waals surface area contributed by atoms with Crippen LogP contribution in [0.1, 0.15) is 52.2 Å². The first-order valence-electron chi connectivity index (χ1n) is 9.23. The standard InChI is InChI=1S/C20H31NO3S2/c1-7-21(17-10-11-26(23,24)13-17)19(22)15(3)25-18-12-16(20(4,5)6)9-8-14(18)2/h8-9,12,15,17H,7,10-11,13H2,1-6H3. The normalized spacial score (nSPS) is 20.8. The molecule has 1 aliphatic rings. The van der Waals surface area contributed by atoms with Crippen molar-refractivity contribution in [3.63, 3.8) is 0 Å². The fourth-order valence-corrected chi connectivity index (χ4v) is 6.08. The number of amides is 1. The molecule has 1 aromatic carbocycles. The summed E-state index contributed by atoms with van der Waals surface area (Å²) in [6.07, 6.45) is 0.553. The Labute approximate surface area is 162 Å². The molecule has 1 saturated heterocycles. The molecule has 0 aromatic heterocycles. The molecule has 0 bridgehead atoms. The average molecular weight is 398 g/mol. The number of hydrogen-bond donors (Lipinski definition) is 0. The van der Waals surface area contributed by atoms with Gasteiger partial charge in [0.25, 0.3) is 0 Å². The van der Waals surface area contributed by atoms with Crippen molar-refractivity contribution in [1.29, 1.82) is 0 Å². The van der Waals surface area contributed by atoms with Gasteiger partial charge in [0, 0.05) is 17.5 Å². The van der Waals surface area contributed by atoms with Gasteiger partial charge in [0.05, 0.1) is 16.8 Å². The number of thioether (sulfide) groups is 1. The first kappa shape index (κ1) is 21.3. The van der Waals surface area contributed by atoms with E-state index < -0.39 is 9.84 Å². The summed E-state index contributed by atoms with van der Waals surface area (Å²) in [5.74, 6) is 0.318. The molecule has 0 saturated carbocycles. The zero-order valence-corrected chi connectivity index (χ0v) is 18.3. The van der Waals surface area contributed by atoms with Crippen molar-refractivity contribution >= 4 is 27.5 Å². The molecular weight excluding hydrogens is 366 g/mol. The largest absolute Gasteiger partial charge is 0.338 e. The van der Waals surface area contributed by atoms with Crippen LogP contribution in [0.15, 0.2) is 23.1 Å². The second-order valence-electron chi connectivity index (χ2n) is 8.17. The van der Waals surface area contributed by atoms with Gasteiger partial charge in [0.2, 0.25) is 5.91 Å². The SMILES string of the molecule is CCN(C(=O)C(C)Sc1cc(C(C)(C)C)ccc1C)C1CCS(=O)(=O)C1. The Kier molecular flexibility index (Phi) is 6.49. The molecule has 1 aromatic rings. The first-order valence-corrected chi connectivity index (χ1v) is 11.9. The van der Waals surface area contributed by atoms with Crippen molar-refractivity contribution in [3.8, 4) is 0 Å². The van der Waals surface area contributed by atoms with Gasteiger partial charge < -0.3 is 4.90 Å². The van der Waals surface area contributed by atoms with Crippen LogP contribution in [0, 0.1) is 6.92 Å². The smallest absolute Gasteiger partial charge is 0.236 e. The molecule has 0 aliphatic carbocycles. The maximum Gasteiger partial charge on any atom is 0.236 e. The van der Waals surface area contributed by atoms with Gasteiger partial charge in [-0.25, -0.2) is 8.42 Å². The first-order chi connectivity index (χ1) is 11.9. The third-order valence-electron chi connectivity index (χ3n) is 4.98. The van der Waals surface area contributed by atoms with Crippen LogP contribution >= 0.6 is 11.8 Å². The minimum atomic E-state index is -3.00. The topological polar surface area (TPSA) is 54.5 Å². The number of hydrogen-bond acceptors (Lipinski definition) is 4. The van der Waals surface area contributed by atoms with Crippen molar-refractivity contribution in [3.05, 3.63) is 29.3 Å². The van der Waals surface area contributed by atoms with Gasteiger partial charge in [-0.15, -0.1) is 11.8 Å². The molecule has 0 radical (unpaired) electrons. The van der Waals surface area contributed by atoms with E-state index in [-0.39, 0.29) is 34.1 Å². The number of rotatable bonds is 5. The molecule has 2 atom stereocenters. The highest BCUT2D eigenvalue weighted by Gasteiger charge is 2.35. The van der Waals surface area contributed by atoms with E-state index in [4.69, 9.17) is 0 Å². The van der Waals surface area contributed by atoms with E-state index in [0.29, 0.717) is 13.0 Å². The maximum atomic E-state index is 13.0. The summed E-state index contributed by atoms with van der Waals surface area (Å²) in [5.41, 5.74) is 2.47. The number of carbonyl (C=O) groups is 1. The summed E-state index contributed by atoms with van der Waals surface area (Å²) in [5, 5.41) is -0.243. The Hall–Kier alpha value is -1.01. The Morgan fingerprint density at radius 1 is 1.35 bits per heavy atom. The zero-order valence-electron chi connectivity index (χ0n) is 16.7. The van der Waals surface area contributed by atoms with E-state index >= 15 is 0 Å². The number of sulfone groups is 1. The van der Waals surface area contributed by atoms with E-state index in [9.17, 15) is 13.2 Å². The summed E-state index contributed by atoms with van der Waals surface area (Å²) in [6, 6.07) is 6.26. The Bertz CT molecular complexity index is 766. The number of nitrogens with zero attached hydrogens (tertiary/aromatic N) is 1. The molecule has 2 unspecified atom stereocenters. The summed E-state index contributed by atoms with van der Waals surface area (Å²) in [6.45, 7) is 13.0. The highest BCUT2D eigenvalue weighted by Crippen LogP contribution is 2.33. The van der Waals surface area contributed by atoms with Gasteiger partial charge in [0.15, 0.2) is 9.84 Å². The van der Waals surface area contributed by atoms with E-state index in [1.807, 2.05) is 13.8 Å². The van der Waals surface area contributed by atoms with Gasteiger partial charge in [-0.1, -0.05) is 32.9 Å². The molecule has 4 nitrogen and oxygen atoms in total. The lowest BCUT2D eigenvalue weighted by molar-refractivity contribution is -0.131. The van der Waals surface area contributed by atoms with Crippen LogP contribution in [0.25, 0.3) is 0 Å². The summed E-state index contributed by atoms with van der Waals surface area (Å²) in [4.78, 5) is 15.9. The third-order valence-corrected chi connectivity index (χ3v) is 7.98. The van der Waals surface area contributed by atoms with Crippen LogP contribution < -0.4 is 0 Å². The molecule has 26 heavy (non-hydrogen) atoms. The molecule has 1 aliphatic heterocycles. The second-order valence-corrected chi connectivity index (χ2v) is 11.8. The Morgan fingerprint density at radius 3 is 2.50 bits per heavy atom. The van der Waals surface area contributed by atoms with E-state index in [1.165, 1.54) is 5.56 Å². The van der Waals surface area contributed by atoms with Crippen LogP contribution in [0.3, 0.4) is 0 Å². The van der Waals surface area contributed by atoms with Gasteiger partial charge in [-0.3, -0.25) is 4.79 Å². The maximum absolute atomic E-state index is 13.0. The summed E-state index contributed by atoms with van der Waals surface area (Å²) >= 11 is 1.57. The van der Waals surface area contributed by atoms with Gasteiger partial charge >= 0.3 is 0 Å². The summed E-state index contributed by atoms with van der Waals surface area (Å²) < 4.78 is 23.6. The van der Waals surface area contributed by atoms with Gasteiger partial charge in [0.1, 0.15) is 0 Å². The predicted octanol–water partition coefficient (Wildman–Crippen LogP) is 3.81. The van der Waals surface area contributed by atoms with E-state index in [0.717, 1.165) is 10.5 Å². The predicted molar refractivity (Wildman–Crippen MR) is 110 cm³/mol. The molecule has 6 heteroatoms. The molecule has 1 amide bonds.